The molecule has 168 valence electrons. The van der Waals surface area contributed by atoms with E-state index in [4.69, 9.17) is 25.9 Å². The van der Waals surface area contributed by atoms with Gasteiger partial charge in [-0.05, 0) is 47.5 Å². The summed E-state index contributed by atoms with van der Waals surface area (Å²) in [4.78, 5) is 5.91. The van der Waals surface area contributed by atoms with Gasteiger partial charge in [-0.2, -0.15) is 5.06 Å². The molecule has 3 aromatic carbocycles. The normalized spacial score (nSPS) is 19.1. The summed E-state index contributed by atoms with van der Waals surface area (Å²) in [6.07, 6.45) is 0. The molecule has 0 spiro atoms. The molecule has 0 unspecified atom stereocenters. The van der Waals surface area contributed by atoms with Crippen molar-refractivity contribution in [3.8, 4) is 11.5 Å². The predicted molar refractivity (Wildman–Crippen MR) is 123 cm³/mol. The van der Waals surface area contributed by atoms with Crippen molar-refractivity contribution in [2.75, 3.05) is 20.8 Å². The van der Waals surface area contributed by atoms with E-state index in [2.05, 4.69) is 0 Å². The molecule has 6 nitrogen and oxygen atoms in total. The Kier molecular flexibility index (Phi) is 6.71. The number of ether oxygens (including phenoxy) is 2. The molecule has 0 aromatic heterocycles. The maximum atomic E-state index is 13.3. The molecule has 2 atom stereocenters. The van der Waals surface area contributed by atoms with Gasteiger partial charge in [0.2, 0.25) is 0 Å². The largest absolute Gasteiger partial charge is 0.493 e. The standard InChI is InChI=1S/C24H24ClNO5S/c1-26-24(23(16-31-26)32(27,28)20-6-4-3-5-7-20)18-10-13-21(22(14-18)29-2)30-15-17-8-11-19(25)12-9-17/h3-14,23-24H,15-16H2,1-2H3/t23-,24+/m1/s1. The van der Waals surface area contributed by atoms with Crippen molar-refractivity contribution in [1.29, 1.82) is 0 Å². The van der Waals surface area contributed by atoms with Gasteiger partial charge in [-0.15, -0.1) is 0 Å². The van der Waals surface area contributed by atoms with Crippen LogP contribution in [-0.4, -0.2) is 39.5 Å². The number of sulfone groups is 1. The first-order valence-electron chi connectivity index (χ1n) is 10.1. The summed E-state index contributed by atoms with van der Waals surface area (Å²) in [5.74, 6) is 1.09. The van der Waals surface area contributed by atoms with Gasteiger partial charge < -0.3 is 9.47 Å². The fourth-order valence-corrected chi connectivity index (χ4v) is 5.71. The zero-order chi connectivity index (χ0) is 22.7. The minimum absolute atomic E-state index is 0.0789. The van der Waals surface area contributed by atoms with Crippen LogP contribution in [0.15, 0.2) is 77.7 Å². The van der Waals surface area contributed by atoms with Gasteiger partial charge in [-0.1, -0.05) is 48.0 Å². The van der Waals surface area contributed by atoms with E-state index in [1.54, 1.807) is 61.7 Å². The second-order valence-electron chi connectivity index (χ2n) is 7.51. The molecule has 0 saturated carbocycles. The van der Waals surface area contributed by atoms with Crippen LogP contribution in [0.5, 0.6) is 11.5 Å². The van der Waals surface area contributed by atoms with E-state index >= 15 is 0 Å². The molecular weight excluding hydrogens is 450 g/mol. The van der Waals surface area contributed by atoms with Crippen molar-refractivity contribution in [2.24, 2.45) is 0 Å². The summed E-state index contributed by atoms with van der Waals surface area (Å²) >= 11 is 5.93. The van der Waals surface area contributed by atoms with Gasteiger partial charge >= 0.3 is 0 Å². The van der Waals surface area contributed by atoms with Gasteiger partial charge in [0.05, 0.1) is 24.7 Å². The van der Waals surface area contributed by atoms with Crippen LogP contribution in [0.1, 0.15) is 17.2 Å². The molecule has 1 aliphatic heterocycles. The minimum atomic E-state index is -3.60. The van der Waals surface area contributed by atoms with Crippen molar-refractivity contribution in [2.45, 2.75) is 22.8 Å². The molecule has 1 saturated heterocycles. The highest BCUT2D eigenvalue weighted by Crippen LogP contribution is 2.39. The Morgan fingerprint density at radius 3 is 2.44 bits per heavy atom. The number of hydrogen-bond acceptors (Lipinski definition) is 6. The summed E-state index contributed by atoms with van der Waals surface area (Å²) in [6, 6.07) is 20.8. The number of hydroxylamine groups is 2. The molecule has 0 N–H and O–H groups in total. The molecule has 1 aliphatic rings. The summed E-state index contributed by atoms with van der Waals surface area (Å²) in [6.45, 7) is 0.430. The highest BCUT2D eigenvalue weighted by molar-refractivity contribution is 7.92. The van der Waals surface area contributed by atoms with Crippen LogP contribution in [0.4, 0.5) is 0 Å². The van der Waals surface area contributed by atoms with Crippen LogP contribution < -0.4 is 9.47 Å². The SMILES string of the molecule is COc1cc([C@H]2[C@H](S(=O)(=O)c3ccccc3)CON2C)ccc1OCc1ccc(Cl)cc1. The Hall–Kier alpha value is -2.58. The van der Waals surface area contributed by atoms with E-state index < -0.39 is 21.1 Å². The molecule has 3 aromatic rings. The Morgan fingerprint density at radius 2 is 1.75 bits per heavy atom. The third kappa shape index (κ3) is 4.61. The topological polar surface area (TPSA) is 65.1 Å². The van der Waals surface area contributed by atoms with E-state index in [1.807, 2.05) is 30.3 Å². The first kappa shape index (κ1) is 22.6. The first-order chi connectivity index (χ1) is 15.4. The van der Waals surface area contributed by atoms with Crippen LogP contribution >= 0.6 is 11.6 Å². The Labute approximate surface area is 193 Å². The van der Waals surface area contributed by atoms with Gasteiger partial charge in [0.25, 0.3) is 0 Å². The fourth-order valence-electron chi connectivity index (χ4n) is 3.79. The van der Waals surface area contributed by atoms with Crippen LogP contribution in [-0.2, 0) is 21.3 Å². The molecule has 32 heavy (non-hydrogen) atoms. The molecule has 8 heteroatoms. The van der Waals surface area contributed by atoms with E-state index in [0.717, 1.165) is 11.1 Å². The van der Waals surface area contributed by atoms with Gasteiger partial charge in [-0.3, -0.25) is 4.84 Å². The van der Waals surface area contributed by atoms with Crippen LogP contribution in [0.3, 0.4) is 0 Å². The lowest BCUT2D eigenvalue weighted by atomic mass is 10.0. The lowest BCUT2D eigenvalue weighted by Gasteiger charge is -2.24. The van der Waals surface area contributed by atoms with Crippen LogP contribution in [0.25, 0.3) is 0 Å². The summed E-state index contributed by atoms with van der Waals surface area (Å²) < 4.78 is 38.1. The highest BCUT2D eigenvalue weighted by atomic mass is 35.5. The second kappa shape index (κ2) is 9.50. The van der Waals surface area contributed by atoms with Crippen molar-refractivity contribution in [3.05, 3.63) is 88.9 Å². The number of halogens is 1. The van der Waals surface area contributed by atoms with E-state index in [1.165, 1.54) is 0 Å². The van der Waals surface area contributed by atoms with E-state index in [9.17, 15) is 8.42 Å². The summed E-state index contributed by atoms with van der Waals surface area (Å²) in [5.41, 5.74) is 1.74. The lowest BCUT2D eigenvalue weighted by molar-refractivity contribution is -0.110. The van der Waals surface area contributed by atoms with Crippen LogP contribution in [0.2, 0.25) is 5.02 Å². The maximum absolute atomic E-state index is 13.3. The quantitative estimate of drug-likeness (QED) is 0.496. The van der Waals surface area contributed by atoms with E-state index in [0.29, 0.717) is 23.1 Å². The van der Waals surface area contributed by atoms with Crippen molar-refractivity contribution < 1.29 is 22.7 Å². The average Bonchev–Trinajstić information content (AvgIpc) is 3.21. The zero-order valence-electron chi connectivity index (χ0n) is 17.8. The summed E-state index contributed by atoms with van der Waals surface area (Å²) in [5, 5.41) is 1.51. The number of nitrogens with zero attached hydrogens (tertiary/aromatic N) is 1. The fraction of sp³-hybridized carbons (Fsp3) is 0.250. The number of rotatable bonds is 7. The maximum Gasteiger partial charge on any atom is 0.185 e. The monoisotopic (exact) mass is 473 g/mol. The van der Waals surface area contributed by atoms with Crippen molar-refractivity contribution in [1.82, 2.24) is 5.06 Å². The Bertz CT molecular complexity index is 1170. The zero-order valence-corrected chi connectivity index (χ0v) is 19.3. The van der Waals surface area contributed by atoms with Gasteiger partial charge in [0, 0.05) is 12.1 Å². The smallest absolute Gasteiger partial charge is 0.185 e. The second-order valence-corrected chi connectivity index (χ2v) is 10.1. The van der Waals surface area contributed by atoms with Crippen LogP contribution in [0, 0.1) is 0 Å². The minimum Gasteiger partial charge on any atom is -0.493 e. The molecule has 0 radical (unpaired) electrons. The predicted octanol–water partition coefficient (Wildman–Crippen LogP) is 4.69. The summed E-state index contributed by atoms with van der Waals surface area (Å²) in [7, 11) is -0.302. The Balaban J connectivity index is 1.59. The average molecular weight is 474 g/mol. The third-order valence-corrected chi connectivity index (χ3v) is 7.87. The molecule has 1 heterocycles. The van der Waals surface area contributed by atoms with Crippen molar-refractivity contribution >= 4 is 21.4 Å². The molecule has 1 fully saturated rings. The molecule has 0 aliphatic carbocycles. The Morgan fingerprint density at radius 1 is 1.03 bits per heavy atom. The lowest BCUT2D eigenvalue weighted by Crippen LogP contribution is -2.31. The van der Waals surface area contributed by atoms with Gasteiger partial charge in [0.15, 0.2) is 21.3 Å². The number of hydrogen-bond donors (Lipinski definition) is 0. The van der Waals surface area contributed by atoms with Gasteiger partial charge in [0.1, 0.15) is 11.9 Å². The molecule has 0 bridgehead atoms. The molecule has 4 rings (SSSR count). The van der Waals surface area contributed by atoms with Crippen molar-refractivity contribution in [3.63, 3.8) is 0 Å². The molecule has 0 amide bonds. The number of benzene rings is 3. The van der Waals surface area contributed by atoms with Gasteiger partial charge in [-0.25, -0.2) is 8.42 Å². The first-order valence-corrected chi connectivity index (χ1v) is 12.0. The van der Waals surface area contributed by atoms with E-state index in [-0.39, 0.29) is 11.5 Å². The third-order valence-electron chi connectivity index (χ3n) is 5.49. The molecular formula is C24H24ClNO5S. The highest BCUT2D eigenvalue weighted by Gasteiger charge is 2.44. The number of methoxy groups -OCH3 is 1.